The van der Waals surface area contributed by atoms with E-state index in [-0.39, 0.29) is 5.56 Å². The number of nitrogens with one attached hydrogen (secondary N) is 1. The first-order valence-corrected chi connectivity index (χ1v) is 7.01. The van der Waals surface area contributed by atoms with Crippen molar-refractivity contribution in [1.82, 2.24) is 0 Å². The maximum absolute atomic E-state index is 11.0. The second-order valence-corrected chi connectivity index (χ2v) is 4.66. The van der Waals surface area contributed by atoms with Crippen LogP contribution in [-0.4, -0.2) is 24.8 Å². The third-order valence-corrected chi connectivity index (χ3v) is 3.13. The van der Waals surface area contributed by atoms with Crippen LogP contribution in [0.2, 0.25) is 0 Å². The minimum atomic E-state index is -0.938. The Morgan fingerprint density at radius 3 is 2.68 bits per heavy atom. The number of benzene rings is 2. The van der Waals surface area contributed by atoms with E-state index in [1.54, 1.807) is 25.3 Å². The highest BCUT2D eigenvalue weighted by Gasteiger charge is 2.06. The van der Waals surface area contributed by atoms with Gasteiger partial charge in [0.15, 0.2) is 11.5 Å². The summed E-state index contributed by atoms with van der Waals surface area (Å²) < 4.78 is 10.8. The van der Waals surface area contributed by atoms with Crippen LogP contribution in [0, 0.1) is 0 Å². The minimum Gasteiger partial charge on any atom is -0.493 e. The molecule has 2 rings (SSSR count). The van der Waals surface area contributed by atoms with E-state index in [0.717, 1.165) is 11.3 Å². The molecule has 0 radical (unpaired) electrons. The fraction of sp³-hybridized carbons (Fsp3) is 0.235. The van der Waals surface area contributed by atoms with Gasteiger partial charge < -0.3 is 19.9 Å². The number of carbonyl (C=O) groups is 1. The molecular formula is C17H19NO4. The number of hydrogen-bond acceptors (Lipinski definition) is 4. The number of aromatic carboxylic acids is 1. The maximum Gasteiger partial charge on any atom is 0.335 e. The van der Waals surface area contributed by atoms with E-state index in [0.29, 0.717) is 24.7 Å². The molecule has 0 amide bonds. The fourth-order valence-corrected chi connectivity index (χ4v) is 2.07. The number of hydrogen-bond donors (Lipinski definition) is 2. The molecule has 0 spiro atoms. The summed E-state index contributed by atoms with van der Waals surface area (Å²) in [7, 11) is 1.60. The van der Waals surface area contributed by atoms with Gasteiger partial charge in [-0.05, 0) is 42.8 Å². The van der Waals surface area contributed by atoms with Gasteiger partial charge in [0.05, 0.1) is 19.3 Å². The van der Waals surface area contributed by atoms with Crippen molar-refractivity contribution in [2.75, 3.05) is 19.0 Å². The quantitative estimate of drug-likeness (QED) is 0.820. The summed E-state index contributed by atoms with van der Waals surface area (Å²) in [6, 6.07) is 12.4. The van der Waals surface area contributed by atoms with E-state index in [2.05, 4.69) is 5.32 Å². The van der Waals surface area contributed by atoms with Crippen molar-refractivity contribution in [3.05, 3.63) is 53.6 Å². The van der Waals surface area contributed by atoms with Crippen molar-refractivity contribution < 1.29 is 19.4 Å². The van der Waals surface area contributed by atoms with Crippen LogP contribution in [0.3, 0.4) is 0 Å². The number of carboxylic acid groups (broad SMARTS) is 1. The Bertz CT molecular complexity index is 655. The monoisotopic (exact) mass is 301 g/mol. The van der Waals surface area contributed by atoms with Crippen LogP contribution in [0.4, 0.5) is 5.69 Å². The largest absolute Gasteiger partial charge is 0.493 e. The molecule has 0 heterocycles. The zero-order chi connectivity index (χ0) is 15.9. The third-order valence-electron chi connectivity index (χ3n) is 3.13. The molecule has 0 saturated heterocycles. The predicted octanol–water partition coefficient (Wildman–Crippen LogP) is 3.40. The van der Waals surface area contributed by atoms with Crippen LogP contribution in [0.1, 0.15) is 22.8 Å². The number of methoxy groups -OCH3 is 1. The average Bonchev–Trinajstić information content (AvgIpc) is 2.53. The van der Waals surface area contributed by atoms with Crippen molar-refractivity contribution in [2.24, 2.45) is 0 Å². The van der Waals surface area contributed by atoms with E-state index in [9.17, 15) is 4.79 Å². The highest BCUT2D eigenvalue weighted by molar-refractivity contribution is 5.88. The van der Waals surface area contributed by atoms with Crippen molar-refractivity contribution in [3.8, 4) is 11.5 Å². The van der Waals surface area contributed by atoms with Gasteiger partial charge in [-0.2, -0.15) is 0 Å². The third kappa shape index (κ3) is 3.91. The average molecular weight is 301 g/mol. The molecule has 5 heteroatoms. The molecule has 2 N–H and O–H groups in total. The lowest BCUT2D eigenvalue weighted by Gasteiger charge is -2.12. The molecule has 0 bridgehead atoms. The van der Waals surface area contributed by atoms with Gasteiger partial charge in [0.25, 0.3) is 0 Å². The van der Waals surface area contributed by atoms with Crippen LogP contribution in [0.15, 0.2) is 42.5 Å². The molecule has 0 fully saturated rings. The van der Waals surface area contributed by atoms with E-state index in [4.69, 9.17) is 14.6 Å². The van der Waals surface area contributed by atoms with Crippen LogP contribution < -0.4 is 14.8 Å². The lowest BCUT2D eigenvalue weighted by Crippen LogP contribution is -2.03. The predicted molar refractivity (Wildman–Crippen MR) is 84.9 cm³/mol. The zero-order valence-electron chi connectivity index (χ0n) is 12.6. The highest BCUT2D eigenvalue weighted by atomic mass is 16.5. The van der Waals surface area contributed by atoms with Gasteiger partial charge in [-0.3, -0.25) is 0 Å². The molecule has 22 heavy (non-hydrogen) atoms. The van der Waals surface area contributed by atoms with Gasteiger partial charge in [0, 0.05) is 12.2 Å². The lowest BCUT2D eigenvalue weighted by molar-refractivity contribution is 0.0697. The standard InChI is InChI=1S/C17H19NO4/c1-3-22-16-9-12(7-8-15(16)21-2)11-18-14-6-4-5-13(10-14)17(19)20/h4-10,18H,3,11H2,1-2H3,(H,19,20). The number of rotatable bonds is 7. The molecule has 0 aliphatic rings. The first kappa shape index (κ1) is 15.7. The van der Waals surface area contributed by atoms with Gasteiger partial charge in [-0.25, -0.2) is 4.79 Å². The normalized spacial score (nSPS) is 10.1. The van der Waals surface area contributed by atoms with E-state index >= 15 is 0 Å². The van der Waals surface area contributed by atoms with Gasteiger partial charge in [0.1, 0.15) is 0 Å². The summed E-state index contributed by atoms with van der Waals surface area (Å²) in [4.78, 5) is 11.0. The topological polar surface area (TPSA) is 67.8 Å². The van der Waals surface area contributed by atoms with Gasteiger partial charge in [0.2, 0.25) is 0 Å². The highest BCUT2D eigenvalue weighted by Crippen LogP contribution is 2.28. The fourth-order valence-electron chi connectivity index (χ4n) is 2.07. The van der Waals surface area contributed by atoms with Crippen molar-refractivity contribution in [2.45, 2.75) is 13.5 Å². The van der Waals surface area contributed by atoms with Crippen molar-refractivity contribution >= 4 is 11.7 Å². The number of anilines is 1. The SMILES string of the molecule is CCOc1cc(CNc2cccc(C(=O)O)c2)ccc1OC. The molecule has 0 aromatic heterocycles. The maximum atomic E-state index is 11.0. The Morgan fingerprint density at radius 2 is 2.00 bits per heavy atom. The number of ether oxygens (including phenoxy) is 2. The van der Waals surface area contributed by atoms with Crippen molar-refractivity contribution in [1.29, 1.82) is 0 Å². The molecule has 0 aliphatic heterocycles. The van der Waals surface area contributed by atoms with Gasteiger partial charge >= 0.3 is 5.97 Å². The molecule has 0 unspecified atom stereocenters. The van der Waals surface area contributed by atoms with Crippen LogP contribution in [0.5, 0.6) is 11.5 Å². The Hall–Kier alpha value is -2.69. The second-order valence-electron chi connectivity index (χ2n) is 4.66. The first-order chi connectivity index (χ1) is 10.6. The first-order valence-electron chi connectivity index (χ1n) is 7.01. The minimum absolute atomic E-state index is 0.259. The lowest BCUT2D eigenvalue weighted by atomic mass is 10.1. The molecule has 2 aromatic carbocycles. The van der Waals surface area contributed by atoms with E-state index < -0.39 is 5.97 Å². The van der Waals surface area contributed by atoms with Gasteiger partial charge in [-0.15, -0.1) is 0 Å². The smallest absolute Gasteiger partial charge is 0.335 e. The Balaban J connectivity index is 2.09. The summed E-state index contributed by atoms with van der Waals surface area (Å²) in [5.74, 6) is 0.453. The summed E-state index contributed by atoms with van der Waals surface area (Å²) in [5.41, 5.74) is 2.04. The van der Waals surface area contributed by atoms with Crippen LogP contribution in [0.25, 0.3) is 0 Å². The second kappa shape index (κ2) is 7.36. The van der Waals surface area contributed by atoms with Gasteiger partial charge in [-0.1, -0.05) is 12.1 Å². The summed E-state index contributed by atoms with van der Waals surface area (Å²) in [6.45, 7) is 3.04. The Morgan fingerprint density at radius 1 is 1.18 bits per heavy atom. The summed E-state index contributed by atoms with van der Waals surface area (Å²) in [5, 5.41) is 12.2. The summed E-state index contributed by atoms with van der Waals surface area (Å²) >= 11 is 0. The Labute approximate surface area is 129 Å². The zero-order valence-corrected chi connectivity index (χ0v) is 12.6. The molecule has 2 aromatic rings. The van der Waals surface area contributed by atoms with Crippen molar-refractivity contribution in [3.63, 3.8) is 0 Å². The summed E-state index contributed by atoms with van der Waals surface area (Å²) in [6.07, 6.45) is 0. The molecule has 0 aliphatic carbocycles. The Kier molecular flexibility index (Phi) is 5.25. The molecule has 116 valence electrons. The van der Waals surface area contributed by atoms with Crippen LogP contribution in [-0.2, 0) is 6.54 Å². The molecule has 5 nitrogen and oxygen atoms in total. The molecule has 0 saturated carbocycles. The molecular weight excluding hydrogens is 282 g/mol. The van der Waals surface area contributed by atoms with E-state index in [1.807, 2.05) is 31.2 Å². The van der Waals surface area contributed by atoms with E-state index in [1.165, 1.54) is 0 Å². The molecule has 0 atom stereocenters. The number of carboxylic acids is 1. The van der Waals surface area contributed by atoms with Crippen LogP contribution >= 0.6 is 0 Å².